The number of carbonyl (C=O) groups is 2. The van der Waals surface area contributed by atoms with Crippen LogP contribution in [-0.2, 0) is 26.2 Å². The predicted octanol–water partition coefficient (Wildman–Crippen LogP) is 5.01. The van der Waals surface area contributed by atoms with Gasteiger partial charge >= 0.3 is 0 Å². The third-order valence-corrected chi connectivity index (χ3v) is 7.70. The summed E-state index contributed by atoms with van der Waals surface area (Å²) in [7, 11) is -4.18. The zero-order valence-corrected chi connectivity index (χ0v) is 23.3. The minimum Gasteiger partial charge on any atom is -0.350 e. The Morgan fingerprint density at radius 3 is 2.08 bits per heavy atom. The minimum atomic E-state index is -4.18. The molecule has 2 amide bonds. The van der Waals surface area contributed by atoms with Crippen LogP contribution in [0.25, 0.3) is 0 Å². The summed E-state index contributed by atoms with van der Waals surface area (Å²) in [5.41, 5.74) is 0.315. The first kappa shape index (κ1) is 29.1. The Morgan fingerprint density at radius 1 is 0.947 bits per heavy atom. The smallest absolute Gasteiger partial charge is 0.264 e. The Kier molecular flexibility index (Phi) is 9.17. The Labute approximate surface area is 228 Å². The maximum atomic E-state index is 13.8. The zero-order valence-electron chi connectivity index (χ0n) is 21.7. The van der Waals surface area contributed by atoms with Crippen LogP contribution in [-0.4, -0.2) is 43.3 Å². The molecule has 7 nitrogen and oxygen atoms in total. The van der Waals surface area contributed by atoms with E-state index < -0.39 is 45.8 Å². The second kappa shape index (κ2) is 12.0. The number of rotatable bonds is 9. The van der Waals surface area contributed by atoms with Gasteiger partial charge in [-0.1, -0.05) is 41.9 Å². The number of benzene rings is 3. The number of nitrogens with one attached hydrogen (secondary N) is 1. The molecule has 0 aliphatic heterocycles. The summed E-state index contributed by atoms with van der Waals surface area (Å²) < 4.78 is 41.9. The average molecular weight is 560 g/mol. The number of para-hydroxylation sites is 1. The van der Waals surface area contributed by atoms with Crippen molar-refractivity contribution in [3.8, 4) is 0 Å². The Hall–Kier alpha value is -3.43. The lowest BCUT2D eigenvalue weighted by atomic mass is 10.1. The van der Waals surface area contributed by atoms with Crippen LogP contribution in [0.3, 0.4) is 0 Å². The van der Waals surface area contributed by atoms with E-state index in [2.05, 4.69) is 5.32 Å². The summed E-state index contributed by atoms with van der Waals surface area (Å²) in [5, 5.41) is 3.23. The van der Waals surface area contributed by atoms with Crippen molar-refractivity contribution in [3.63, 3.8) is 0 Å². The number of halogens is 2. The van der Waals surface area contributed by atoms with Crippen LogP contribution in [0.2, 0.25) is 5.02 Å². The molecule has 3 aromatic carbocycles. The summed E-state index contributed by atoms with van der Waals surface area (Å²) in [5.74, 6) is -1.44. The number of carbonyl (C=O) groups excluding carboxylic acids is 2. The molecule has 3 aromatic rings. The van der Waals surface area contributed by atoms with Crippen molar-refractivity contribution < 1.29 is 22.4 Å². The zero-order chi connectivity index (χ0) is 28.1. The summed E-state index contributed by atoms with van der Waals surface area (Å²) in [6, 6.07) is 18.5. The van der Waals surface area contributed by atoms with Crippen LogP contribution in [0.1, 0.15) is 33.3 Å². The lowest BCUT2D eigenvalue weighted by Crippen LogP contribution is -2.54. The van der Waals surface area contributed by atoms with Crippen LogP contribution in [0.4, 0.5) is 10.1 Å². The highest BCUT2D eigenvalue weighted by Crippen LogP contribution is 2.25. The Balaban J connectivity index is 2.00. The van der Waals surface area contributed by atoms with E-state index in [1.807, 2.05) is 20.8 Å². The molecule has 3 rings (SSSR count). The number of sulfonamides is 1. The molecule has 1 unspecified atom stereocenters. The molecule has 38 heavy (non-hydrogen) atoms. The summed E-state index contributed by atoms with van der Waals surface area (Å²) in [4.78, 5) is 28.1. The van der Waals surface area contributed by atoms with Gasteiger partial charge in [-0.25, -0.2) is 12.8 Å². The number of anilines is 1. The van der Waals surface area contributed by atoms with Crippen molar-refractivity contribution in [2.24, 2.45) is 0 Å². The van der Waals surface area contributed by atoms with Crippen LogP contribution in [0.15, 0.2) is 83.8 Å². The quantitative estimate of drug-likeness (QED) is 0.399. The largest absolute Gasteiger partial charge is 0.350 e. The highest BCUT2D eigenvalue weighted by molar-refractivity contribution is 7.92. The fourth-order valence-corrected chi connectivity index (χ4v) is 5.24. The van der Waals surface area contributed by atoms with E-state index >= 15 is 0 Å². The molecule has 1 N–H and O–H groups in total. The molecule has 1 atom stereocenters. The van der Waals surface area contributed by atoms with Gasteiger partial charge in [-0.05, 0) is 81.8 Å². The van der Waals surface area contributed by atoms with Gasteiger partial charge in [0, 0.05) is 17.1 Å². The molecular weight excluding hydrogens is 529 g/mol. The molecule has 0 radical (unpaired) electrons. The van der Waals surface area contributed by atoms with E-state index in [0.29, 0.717) is 10.6 Å². The highest BCUT2D eigenvalue weighted by Gasteiger charge is 2.33. The summed E-state index contributed by atoms with van der Waals surface area (Å²) in [6.45, 7) is 6.44. The molecule has 0 spiro atoms. The van der Waals surface area contributed by atoms with E-state index in [4.69, 9.17) is 11.6 Å². The van der Waals surface area contributed by atoms with Crippen LogP contribution in [0.5, 0.6) is 0 Å². The van der Waals surface area contributed by atoms with Gasteiger partial charge in [0.15, 0.2) is 0 Å². The first-order chi connectivity index (χ1) is 17.8. The lowest BCUT2D eigenvalue weighted by molar-refractivity contribution is -0.140. The van der Waals surface area contributed by atoms with Crippen LogP contribution < -0.4 is 9.62 Å². The van der Waals surface area contributed by atoms with Gasteiger partial charge in [0.25, 0.3) is 10.0 Å². The van der Waals surface area contributed by atoms with E-state index in [1.165, 1.54) is 53.4 Å². The maximum Gasteiger partial charge on any atom is 0.264 e. The number of nitrogens with zero attached hydrogens (tertiary/aromatic N) is 2. The molecule has 10 heteroatoms. The van der Waals surface area contributed by atoms with Gasteiger partial charge in [0.1, 0.15) is 18.4 Å². The van der Waals surface area contributed by atoms with Gasteiger partial charge in [-0.2, -0.15) is 0 Å². The Bertz CT molecular complexity index is 1360. The second-order valence-electron chi connectivity index (χ2n) is 9.86. The third kappa shape index (κ3) is 7.55. The molecule has 0 saturated heterocycles. The van der Waals surface area contributed by atoms with Crippen LogP contribution in [0, 0.1) is 5.82 Å². The van der Waals surface area contributed by atoms with Gasteiger partial charge < -0.3 is 10.2 Å². The molecular formula is C28H31ClFN3O4S. The predicted molar refractivity (Wildman–Crippen MR) is 147 cm³/mol. The molecule has 202 valence electrons. The second-order valence-corrected chi connectivity index (χ2v) is 12.2. The summed E-state index contributed by atoms with van der Waals surface area (Å²) >= 11 is 5.95. The van der Waals surface area contributed by atoms with Crippen molar-refractivity contribution in [3.05, 3.63) is 95.3 Å². The van der Waals surface area contributed by atoms with E-state index in [-0.39, 0.29) is 17.1 Å². The number of amides is 2. The molecule has 0 saturated carbocycles. The van der Waals surface area contributed by atoms with Gasteiger partial charge in [-0.3, -0.25) is 13.9 Å². The monoisotopic (exact) mass is 559 g/mol. The molecule has 0 heterocycles. The fourth-order valence-electron chi connectivity index (χ4n) is 3.70. The van der Waals surface area contributed by atoms with Crippen molar-refractivity contribution >= 4 is 39.1 Å². The normalized spacial score (nSPS) is 12.5. The average Bonchev–Trinajstić information content (AvgIpc) is 2.86. The third-order valence-electron chi connectivity index (χ3n) is 5.66. The molecule has 0 bridgehead atoms. The molecule has 0 aliphatic rings. The first-order valence-corrected chi connectivity index (χ1v) is 13.8. The highest BCUT2D eigenvalue weighted by atomic mass is 35.5. The number of hydrogen-bond acceptors (Lipinski definition) is 4. The van der Waals surface area contributed by atoms with E-state index in [0.717, 1.165) is 4.31 Å². The molecule has 0 aliphatic carbocycles. The maximum absolute atomic E-state index is 13.8. The van der Waals surface area contributed by atoms with Crippen LogP contribution >= 0.6 is 11.6 Å². The van der Waals surface area contributed by atoms with Crippen molar-refractivity contribution in [1.82, 2.24) is 10.2 Å². The van der Waals surface area contributed by atoms with Gasteiger partial charge in [0.2, 0.25) is 11.8 Å². The molecule has 0 aromatic heterocycles. The fraction of sp³-hybridized carbons (Fsp3) is 0.286. The minimum absolute atomic E-state index is 0.0263. The summed E-state index contributed by atoms with van der Waals surface area (Å²) in [6.07, 6.45) is 0. The lowest BCUT2D eigenvalue weighted by Gasteiger charge is -2.33. The SMILES string of the molecule is CC(C(=O)NC(C)(C)C)N(Cc1ccc(F)cc1)C(=O)CN(c1ccccc1)S(=O)(=O)c1ccc(Cl)cc1. The number of hydrogen-bond donors (Lipinski definition) is 1. The topological polar surface area (TPSA) is 86.8 Å². The van der Waals surface area contributed by atoms with Crippen molar-refractivity contribution in [2.75, 3.05) is 10.8 Å². The standard InChI is InChI=1S/C28H31ClFN3O4S/c1-20(27(35)31-28(2,3)4)32(18-21-10-14-23(30)15-11-21)26(34)19-33(24-8-6-5-7-9-24)38(36,37)25-16-12-22(29)13-17-25/h5-17,20H,18-19H2,1-4H3,(H,31,35). The van der Waals surface area contributed by atoms with Gasteiger partial charge in [-0.15, -0.1) is 0 Å². The Morgan fingerprint density at radius 2 is 1.53 bits per heavy atom. The van der Waals surface area contributed by atoms with Gasteiger partial charge in [0.05, 0.1) is 10.6 Å². The molecule has 0 fully saturated rings. The van der Waals surface area contributed by atoms with E-state index in [9.17, 15) is 22.4 Å². The van der Waals surface area contributed by atoms with Crippen molar-refractivity contribution in [1.29, 1.82) is 0 Å². The van der Waals surface area contributed by atoms with Crippen molar-refractivity contribution in [2.45, 2.75) is 50.7 Å². The van der Waals surface area contributed by atoms with E-state index in [1.54, 1.807) is 37.3 Å². The first-order valence-electron chi connectivity index (χ1n) is 12.0.